The van der Waals surface area contributed by atoms with E-state index in [1.165, 1.54) is 0 Å². The van der Waals surface area contributed by atoms with E-state index >= 15 is 0 Å². The van der Waals surface area contributed by atoms with Gasteiger partial charge in [-0.2, -0.15) is 21.6 Å². The van der Waals surface area contributed by atoms with Gasteiger partial charge in [-0.3, -0.25) is 0 Å². The predicted octanol–water partition coefficient (Wildman–Crippen LogP) is 6.93. The lowest BCUT2D eigenvalue weighted by Gasteiger charge is -2.31. The lowest BCUT2D eigenvalue weighted by atomic mass is 9.90. The highest BCUT2D eigenvalue weighted by Crippen LogP contribution is 2.61. The summed E-state index contributed by atoms with van der Waals surface area (Å²) in [6.07, 6.45) is 3.46. The van der Waals surface area contributed by atoms with Crippen molar-refractivity contribution in [1.82, 2.24) is 9.34 Å². The third-order valence-corrected chi connectivity index (χ3v) is 10.6. The van der Waals surface area contributed by atoms with Crippen molar-refractivity contribution in [3.8, 4) is 0 Å². The van der Waals surface area contributed by atoms with Gasteiger partial charge in [-0.05, 0) is 48.2 Å². The second kappa shape index (κ2) is 10.2. The fraction of sp³-hybridized carbons (Fsp3) is 0.429. The fourth-order valence-electron chi connectivity index (χ4n) is 4.31. The van der Waals surface area contributed by atoms with Gasteiger partial charge in [0.2, 0.25) is 8.45 Å². The van der Waals surface area contributed by atoms with Crippen molar-refractivity contribution in [3.63, 3.8) is 0 Å². The van der Waals surface area contributed by atoms with Crippen LogP contribution in [0.3, 0.4) is 0 Å². The summed E-state index contributed by atoms with van der Waals surface area (Å²) in [5.74, 6) is 0. The Labute approximate surface area is 209 Å². The van der Waals surface area contributed by atoms with Crippen molar-refractivity contribution in [2.24, 2.45) is 0 Å². The first-order valence-electron chi connectivity index (χ1n) is 10.4. The Morgan fingerprint density at radius 1 is 0.848 bits per heavy atom. The van der Waals surface area contributed by atoms with Crippen LogP contribution < -0.4 is 0 Å². The van der Waals surface area contributed by atoms with E-state index in [4.69, 9.17) is 3.97 Å². The van der Waals surface area contributed by atoms with E-state index in [1.807, 2.05) is 57.9 Å². The van der Waals surface area contributed by atoms with Crippen molar-refractivity contribution in [2.45, 2.75) is 56.4 Å². The minimum absolute atomic E-state index is 0.0765. The zero-order chi connectivity index (χ0) is 23.8. The van der Waals surface area contributed by atoms with Crippen LogP contribution in [0.4, 0.5) is 13.2 Å². The van der Waals surface area contributed by atoms with Gasteiger partial charge >= 0.3 is 15.6 Å². The van der Waals surface area contributed by atoms with Crippen LogP contribution in [-0.2, 0) is 27.2 Å². The van der Waals surface area contributed by atoms with Crippen LogP contribution in [0.15, 0.2) is 57.5 Å². The zero-order valence-corrected chi connectivity index (χ0v) is 22.3. The second-order valence-electron chi connectivity index (χ2n) is 8.09. The largest absolute Gasteiger partial charge is 0.523 e. The highest BCUT2D eigenvalue weighted by atomic mass is 79.9. The molecule has 1 saturated heterocycles. The minimum atomic E-state index is -5.76. The van der Waals surface area contributed by atoms with Crippen LogP contribution in [0.2, 0.25) is 0 Å². The third kappa shape index (κ3) is 5.82. The highest BCUT2D eigenvalue weighted by molar-refractivity contribution is 9.10. The molecule has 2 atom stereocenters. The number of hydrogen-bond acceptors (Lipinski definition) is 5. The first-order valence-corrected chi connectivity index (χ1v) is 14.5. The molecule has 4 rings (SSSR count). The summed E-state index contributed by atoms with van der Waals surface area (Å²) < 4.78 is 74.6. The van der Waals surface area contributed by atoms with Crippen molar-refractivity contribution < 1.29 is 25.6 Å². The molecule has 0 N–H and O–H groups in total. The molecule has 0 radical (unpaired) electrons. The molecule has 1 aliphatic heterocycles. The fourth-order valence-corrected chi connectivity index (χ4v) is 8.48. The average Bonchev–Trinajstić information content (AvgIpc) is 3.03. The first kappa shape index (κ1) is 25.5. The Bertz CT molecular complexity index is 1010. The van der Waals surface area contributed by atoms with Crippen LogP contribution in [0.1, 0.15) is 36.8 Å². The summed E-state index contributed by atoms with van der Waals surface area (Å²) in [7, 11) is -7.96. The number of halogens is 5. The van der Waals surface area contributed by atoms with E-state index in [0.29, 0.717) is 13.1 Å². The number of benzene rings is 2. The van der Waals surface area contributed by atoms with Gasteiger partial charge in [0, 0.05) is 34.1 Å². The molecule has 0 amide bonds. The van der Waals surface area contributed by atoms with Gasteiger partial charge in [-0.25, -0.2) is 13.3 Å². The van der Waals surface area contributed by atoms with E-state index in [2.05, 4.69) is 31.9 Å². The molecule has 12 heteroatoms. The summed E-state index contributed by atoms with van der Waals surface area (Å²) >= 11 is 6.78. The van der Waals surface area contributed by atoms with Crippen molar-refractivity contribution in [2.75, 3.05) is 0 Å². The molecule has 2 aromatic carbocycles. The van der Waals surface area contributed by atoms with Gasteiger partial charge < -0.3 is 0 Å². The number of rotatable bonds is 6. The van der Waals surface area contributed by atoms with E-state index in [1.54, 1.807) is 0 Å². The topological polar surface area (TPSA) is 49.9 Å². The summed E-state index contributed by atoms with van der Waals surface area (Å²) in [6.45, 7) is 0.620. The molecule has 180 valence electrons. The molecular weight excluding hydrogens is 608 g/mol. The quantitative estimate of drug-likeness (QED) is 0.256. The molecule has 0 bridgehead atoms. The van der Waals surface area contributed by atoms with E-state index < -0.39 is 24.1 Å². The van der Waals surface area contributed by atoms with Crippen LogP contribution in [0, 0.1) is 0 Å². The molecule has 2 aliphatic rings. The minimum Gasteiger partial charge on any atom is -0.237 e. The second-order valence-corrected chi connectivity index (χ2v) is 13.4. The standard InChI is InChI=1S/C21H22Br2F3N2O3PS/c22-17-9-5-15(6-10-17)13-27-19-3-1-2-4-20(19)28(14-16-7-11-18(23)12-8-16)32(27)31-33(29,30)21(24,25)26/h5-12,19-20H,1-4,13-14H2/t19-,20-/m1/s1. The molecular formula is C21H22Br2F3N2O3PS. The van der Waals surface area contributed by atoms with Crippen LogP contribution in [0.25, 0.3) is 0 Å². The average molecular weight is 630 g/mol. The lowest BCUT2D eigenvalue weighted by molar-refractivity contribution is -0.0500. The Kier molecular flexibility index (Phi) is 7.90. The lowest BCUT2D eigenvalue weighted by Crippen LogP contribution is -2.39. The van der Waals surface area contributed by atoms with E-state index in [9.17, 15) is 21.6 Å². The monoisotopic (exact) mass is 628 g/mol. The van der Waals surface area contributed by atoms with Gasteiger partial charge in [0.25, 0.3) is 0 Å². The molecule has 0 spiro atoms. The maximum atomic E-state index is 13.3. The number of nitrogens with zero attached hydrogens (tertiary/aromatic N) is 2. The molecule has 1 saturated carbocycles. The summed E-state index contributed by atoms with van der Waals surface area (Å²) in [5, 5.41) is 0. The number of hydrogen-bond donors (Lipinski definition) is 0. The Hall–Kier alpha value is -0.550. The molecule has 0 aromatic heterocycles. The smallest absolute Gasteiger partial charge is 0.237 e. The Morgan fingerprint density at radius 2 is 1.24 bits per heavy atom. The summed E-state index contributed by atoms with van der Waals surface area (Å²) in [5.41, 5.74) is -3.71. The van der Waals surface area contributed by atoms with Gasteiger partial charge in [-0.1, -0.05) is 69.0 Å². The van der Waals surface area contributed by atoms with Crippen molar-refractivity contribution >= 4 is 50.4 Å². The molecule has 0 unspecified atom stereocenters. The molecule has 2 fully saturated rings. The summed E-state index contributed by atoms with van der Waals surface area (Å²) in [4.78, 5) is 0. The number of fused-ring (bicyclic) bond motifs is 1. The van der Waals surface area contributed by atoms with Crippen LogP contribution >= 0.6 is 40.3 Å². The summed E-state index contributed by atoms with van der Waals surface area (Å²) in [6, 6.07) is 14.8. The Morgan fingerprint density at radius 3 is 1.61 bits per heavy atom. The molecule has 33 heavy (non-hydrogen) atoms. The number of alkyl halides is 3. The zero-order valence-electron chi connectivity index (χ0n) is 17.4. The maximum absolute atomic E-state index is 13.3. The molecule has 2 aromatic rings. The third-order valence-electron chi connectivity index (χ3n) is 5.86. The van der Waals surface area contributed by atoms with E-state index in [-0.39, 0.29) is 12.1 Å². The van der Waals surface area contributed by atoms with Gasteiger partial charge in [-0.15, -0.1) is 0 Å². The van der Waals surface area contributed by atoms with Crippen LogP contribution in [0.5, 0.6) is 0 Å². The van der Waals surface area contributed by atoms with E-state index in [0.717, 1.165) is 45.8 Å². The molecule has 1 heterocycles. The molecule has 5 nitrogen and oxygen atoms in total. The van der Waals surface area contributed by atoms with Gasteiger partial charge in [0.05, 0.1) is 0 Å². The van der Waals surface area contributed by atoms with Crippen molar-refractivity contribution in [1.29, 1.82) is 0 Å². The maximum Gasteiger partial charge on any atom is 0.523 e. The van der Waals surface area contributed by atoms with Crippen molar-refractivity contribution in [3.05, 3.63) is 68.6 Å². The van der Waals surface area contributed by atoms with Gasteiger partial charge in [0.15, 0.2) is 0 Å². The SMILES string of the molecule is O=S(=O)(OP1N(Cc2ccc(Br)cc2)[C@@H]2CCCC[C@H]2N1Cc1ccc(Br)cc1)C(F)(F)F. The predicted molar refractivity (Wildman–Crippen MR) is 128 cm³/mol. The first-order chi connectivity index (χ1) is 15.5. The molecule has 1 aliphatic carbocycles. The van der Waals surface area contributed by atoms with Gasteiger partial charge in [0.1, 0.15) is 0 Å². The van der Waals surface area contributed by atoms with Crippen LogP contribution in [-0.4, -0.2) is 35.4 Å². The Balaban J connectivity index is 1.71. The normalized spacial score (nSPS) is 23.1. The highest BCUT2D eigenvalue weighted by Gasteiger charge is 2.56.